The van der Waals surface area contributed by atoms with E-state index in [0.29, 0.717) is 22.9 Å². The van der Waals surface area contributed by atoms with Crippen LogP contribution in [0.4, 0.5) is 11.4 Å². The molecule has 0 bridgehead atoms. The normalized spacial score (nSPS) is 18.5. The molecular weight excluding hydrogens is 396 g/mol. The van der Waals surface area contributed by atoms with E-state index >= 15 is 0 Å². The lowest BCUT2D eigenvalue weighted by Crippen LogP contribution is -2.40. The molecule has 0 aromatic heterocycles. The maximum Gasteiger partial charge on any atom is 0.262 e. The van der Waals surface area contributed by atoms with Crippen LogP contribution in [0.1, 0.15) is 44.9 Å². The Morgan fingerprint density at radius 2 is 1.71 bits per heavy atom. The molecular formula is C24H26N2O5. The van der Waals surface area contributed by atoms with Crippen LogP contribution in [-0.4, -0.2) is 24.2 Å². The molecule has 5 rings (SSSR count). The first kappa shape index (κ1) is 19.7. The molecule has 1 aliphatic heterocycles. The Labute approximate surface area is 181 Å². The molecule has 2 aromatic rings. The molecule has 0 saturated heterocycles. The molecule has 1 heterocycles. The minimum Gasteiger partial charge on any atom is -0.484 e. The van der Waals surface area contributed by atoms with Crippen molar-refractivity contribution >= 4 is 23.2 Å². The fraction of sp³-hybridized carbons (Fsp3) is 0.417. The number of carbonyl (C=O) groups is 2. The van der Waals surface area contributed by atoms with E-state index in [4.69, 9.17) is 14.2 Å². The van der Waals surface area contributed by atoms with Crippen molar-refractivity contribution in [3.63, 3.8) is 0 Å². The molecule has 162 valence electrons. The molecule has 2 amide bonds. The Kier molecular flexibility index (Phi) is 5.18. The number of fused-ring (bicyclic) bond motifs is 1. The third-order valence-electron chi connectivity index (χ3n) is 5.85. The first-order chi connectivity index (χ1) is 15.1. The number of rotatable bonds is 6. The average molecular weight is 422 g/mol. The fourth-order valence-electron chi connectivity index (χ4n) is 4.07. The standard InChI is InChI=1S/C24H26N2O5/c27-22(15-29-19-6-4-5-17(13-19)26-23(28)16-7-8-16)25-18-9-10-20-21(14-18)31-24(30-20)11-2-1-3-12-24/h4-6,9-10,13-14,16H,1-3,7-8,11-12,15H2,(H,25,27)(H,26,28). The number of carbonyl (C=O) groups excluding carboxylic acids is 2. The van der Waals surface area contributed by atoms with Gasteiger partial charge < -0.3 is 24.8 Å². The molecule has 7 heteroatoms. The van der Waals surface area contributed by atoms with Gasteiger partial charge in [0.15, 0.2) is 18.1 Å². The SMILES string of the molecule is O=C(COc1cccc(NC(=O)C2CC2)c1)Nc1ccc2c(c1)OC1(CCCCC1)O2. The highest BCUT2D eigenvalue weighted by atomic mass is 16.7. The predicted octanol–water partition coefficient (Wildman–Crippen LogP) is 4.48. The lowest BCUT2D eigenvalue weighted by atomic mass is 9.94. The van der Waals surface area contributed by atoms with E-state index in [9.17, 15) is 9.59 Å². The number of anilines is 2. The van der Waals surface area contributed by atoms with Gasteiger partial charge in [-0.05, 0) is 49.9 Å². The minimum atomic E-state index is -0.535. The molecule has 0 unspecified atom stereocenters. The van der Waals surface area contributed by atoms with Crippen molar-refractivity contribution < 1.29 is 23.8 Å². The highest BCUT2D eigenvalue weighted by Gasteiger charge is 2.42. The zero-order valence-corrected chi connectivity index (χ0v) is 17.3. The van der Waals surface area contributed by atoms with Crippen molar-refractivity contribution in [2.24, 2.45) is 5.92 Å². The Bertz CT molecular complexity index is 995. The maximum atomic E-state index is 12.4. The summed E-state index contributed by atoms with van der Waals surface area (Å²) in [6, 6.07) is 12.5. The molecule has 2 aromatic carbocycles. The number of benzene rings is 2. The van der Waals surface area contributed by atoms with Gasteiger partial charge in [-0.2, -0.15) is 0 Å². The average Bonchev–Trinajstić information content (AvgIpc) is 3.56. The minimum absolute atomic E-state index is 0.0349. The number of hydrogen-bond donors (Lipinski definition) is 2. The van der Waals surface area contributed by atoms with Crippen molar-refractivity contribution in [1.29, 1.82) is 0 Å². The third-order valence-corrected chi connectivity index (χ3v) is 5.85. The van der Waals surface area contributed by atoms with Crippen molar-refractivity contribution in [2.45, 2.75) is 50.7 Å². The van der Waals surface area contributed by atoms with E-state index in [1.807, 2.05) is 6.07 Å². The highest BCUT2D eigenvalue weighted by Crippen LogP contribution is 2.46. The van der Waals surface area contributed by atoms with E-state index in [0.717, 1.165) is 44.3 Å². The van der Waals surface area contributed by atoms with Crippen LogP contribution in [0.15, 0.2) is 42.5 Å². The monoisotopic (exact) mass is 422 g/mol. The van der Waals surface area contributed by atoms with Gasteiger partial charge in [0.25, 0.3) is 11.7 Å². The Morgan fingerprint density at radius 3 is 2.52 bits per heavy atom. The molecule has 2 saturated carbocycles. The Balaban J connectivity index is 1.15. The van der Waals surface area contributed by atoms with Gasteiger partial charge >= 0.3 is 0 Å². The summed E-state index contributed by atoms with van der Waals surface area (Å²) >= 11 is 0. The summed E-state index contributed by atoms with van der Waals surface area (Å²) < 4.78 is 17.8. The van der Waals surface area contributed by atoms with E-state index in [1.54, 1.807) is 36.4 Å². The molecule has 31 heavy (non-hydrogen) atoms. The smallest absolute Gasteiger partial charge is 0.262 e. The van der Waals surface area contributed by atoms with E-state index in [-0.39, 0.29) is 24.3 Å². The molecule has 3 aliphatic rings. The second kappa shape index (κ2) is 8.13. The Morgan fingerprint density at radius 1 is 0.935 bits per heavy atom. The molecule has 2 N–H and O–H groups in total. The van der Waals surface area contributed by atoms with E-state index in [1.165, 1.54) is 6.42 Å². The quantitative estimate of drug-likeness (QED) is 0.717. The van der Waals surface area contributed by atoms with Crippen molar-refractivity contribution in [2.75, 3.05) is 17.2 Å². The summed E-state index contributed by atoms with van der Waals surface area (Å²) in [7, 11) is 0. The Hall–Kier alpha value is -3.22. The summed E-state index contributed by atoms with van der Waals surface area (Å²) in [4.78, 5) is 24.3. The summed E-state index contributed by atoms with van der Waals surface area (Å²) in [5, 5.41) is 5.71. The number of hydrogen-bond acceptors (Lipinski definition) is 5. The summed E-state index contributed by atoms with van der Waals surface area (Å²) in [5.41, 5.74) is 1.30. The molecule has 7 nitrogen and oxygen atoms in total. The van der Waals surface area contributed by atoms with Gasteiger partial charge in [-0.1, -0.05) is 12.5 Å². The molecule has 0 atom stereocenters. The second-order valence-corrected chi connectivity index (χ2v) is 8.47. The van der Waals surface area contributed by atoms with Crippen LogP contribution in [0.25, 0.3) is 0 Å². The van der Waals surface area contributed by atoms with Crippen LogP contribution in [0, 0.1) is 5.92 Å². The first-order valence-corrected chi connectivity index (χ1v) is 10.9. The van der Waals surface area contributed by atoms with Crippen molar-refractivity contribution in [1.82, 2.24) is 0 Å². The lowest BCUT2D eigenvalue weighted by molar-refractivity contribution is -0.118. The lowest BCUT2D eigenvalue weighted by Gasteiger charge is -2.31. The topological polar surface area (TPSA) is 85.9 Å². The van der Waals surface area contributed by atoms with Gasteiger partial charge in [0.2, 0.25) is 5.91 Å². The highest BCUT2D eigenvalue weighted by molar-refractivity contribution is 5.94. The van der Waals surface area contributed by atoms with Gasteiger partial charge in [-0.15, -0.1) is 0 Å². The van der Waals surface area contributed by atoms with Crippen LogP contribution in [0.5, 0.6) is 17.2 Å². The van der Waals surface area contributed by atoms with Crippen LogP contribution in [-0.2, 0) is 9.59 Å². The molecule has 2 fully saturated rings. The van der Waals surface area contributed by atoms with Gasteiger partial charge in [0, 0.05) is 42.3 Å². The zero-order chi connectivity index (χ0) is 21.3. The second-order valence-electron chi connectivity index (χ2n) is 8.47. The summed E-state index contributed by atoms with van der Waals surface area (Å²) in [6.07, 6.45) is 7.07. The van der Waals surface area contributed by atoms with Gasteiger partial charge in [0.1, 0.15) is 5.75 Å². The molecule has 2 aliphatic carbocycles. The van der Waals surface area contributed by atoms with Crippen molar-refractivity contribution in [3.8, 4) is 17.2 Å². The van der Waals surface area contributed by atoms with Gasteiger partial charge in [0.05, 0.1) is 0 Å². The molecule has 0 radical (unpaired) electrons. The van der Waals surface area contributed by atoms with Gasteiger partial charge in [-0.25, -0.2) is 0 Å². The van der Waals surface area contributed by atoms with Crippen LogP contribution >= 0.6 is 0 Å². The van der Waals surface area contributed by atoms with Crippen molar-refractivity contribution in [3.05, 3.63) is 42.5 Å². The van der Waals surface area contributed by atoms with E-state index in [2.05, 4.69) is 10.6 Å². The predicted molar refractivity (Wildman–Crippen MR) is 115 cm³/mol. The zero-order valence-electron chi connectivity index (χ0n) is 17.3. The summed E-state index contributed by atoms with van der Waals surface area (Å²) in [5.74, 6) is 1.26. The van der Waals surface area contributed by atoms with Crippen LogP contribution < -0.4 is 24.8 Å². The number of amides is 2. The van der Waals surface area contributed by atoms with Crippen LogP contribution in [0.2, 0.25) is 0 Å². The maximum absolute atomic E-state index is 12.4. The molecule has 1 spiro atoms. The number of ether oxygens (including phenoxy) is 3. The number of nitrogens with one attached hydrogen (secondary N) is 2. The first-order valence-electron chi connectivity index (χ1n) is 10.9. The fourth-order valence-corrected chi connectivity index (χ4v) is 4.07. The summed E-state index contributed by atoms with van der Waals surface area (Å²) in [6.45, 7) is -0.140. The van der Waals surface area contributed by atoms with E-state index < -0.39 is 5.79 Å². The van der Waals surface area contributed by atoms with Gasteiger partial charge in [-0.3, -0.25) is 9.59 Å². The van der Waals surface area contributed by atoms with Crippen LogP contribution in [0.3, 0.4) is 0 Å². The third kappa shape index (κ3) is 4.60. The largest absolute Gasteiger partial charge is 0.484 e.